The van der Waals surface area contributed by atoms with Gasteiger partial charge in [-0.2, -0.15) is 0 Å². The summed E-state index contributed by atoms with van der Waals surface area (Å²) in [5.41, 5.74) is 3.70. The number of H-pyrrole nitrogens is 1. The largest absolute Gasteiger partial charge is 0.362 e. The molecule has 3 nitrogen and oxygen atoms in total. The monoisotopic (exact) mass is 399 g/mol. The molecule has 1 aromatic heterocycles. The highest BCUT2D eigenvalue weighted by Crippen LogP contribution is 2.19. The molecule has 0 amide bonds. The predicted molar refractivity (Wildman–Crippen MR) is 119 cm³/mol. The van der Waals surface area contributed by atoms with E-state index < -0.39 is 0 Å². The Bertz CT molecular complexity index is 886. The van der Waals surface area contributed by atoms with Gasteiger partial charge in [0.2, 0.25) is 0 Å². The molecule has 2 aromatic carbocycles. The predicted octanol–water partition coefficient (Wildman–Crippen LogP) is 5.40. The molecule has 0 aliphatic rings. The standard InChI is InChI=1S/C22H26ClN3S/c1-16(2)13-25-22(27)26(15-17-7-9-19(23)10-8-17)12-11-18-14-24-21-6-4-3-5-20(18)21/h3-10,14,16,24H,11-13,15H2,1-2H3,(H,25,27). The van der Waals surface area contributed by atoms with Gasteiger partial charge in [-0.3, -0.25) is 0 Å². The van der Waals surface area contributed by atoms with E-state index in [-0.39, 0.29) is 0 Å². The van der Waals surface area contributed by atoms with Crippen LogP contribution >= 0.6 is 23.8 Å². The van der Waals surface area contributed by atoms with Crippen LogP contribution in [0, 0.1) is 5.92 Å². The van der Waals surface area contributed by atoms with Crippen LogP contribution in [0.4, 0.5) is 0 Å². The highest BCUT2D eigenvalue weighted by Gasteiger charge is 2.12. The van der Waals surface area contributed by atoms with E-state index in [4.69, 9.17) is 23.8 Å². The average Bonchev–Trinajstić information content (AvgIpc) is 3.08. The zero-order valence-corrected chi connectivity index (χ0v) is 17.4. The molecule has 0 radical (unpaired) electrons. The molecule has 0 spiro atoms. The lowest BCUT2D eigenvalue weighted by Gasteiger charge is -2.26. The first-order chi connectivity index (χ1) is 13.0. The maximum absolute atomic E-state index is 6.02. The number of fused-ring (bicyclic) bond motifs is 1. The normalized spacial score (nSPS) is 11.1. The summed E-state index contributed by atoms with van der Waals surface area (Å²) in [4.78, 5) is 5.59. The summed E-state index contributed by atoms with van der Waals surface area (Å²) in [6.45, 7) is 6.87. The van der Waals surface area contributed by atoms with Crippen molar-refractivity contribution in [2.24, 2.45) is 5.92 Å². The maximum Gasteiger partial charge on any atom is 0.169 e. The molecule has 2 N–H and O–H groups in total. The Morgan fingerprint density at radius 2 is 1.89 bits per heavy atom. The second kappa shape index (κ2) is 9.25. The molecule has 0 saturated carbocycles. The van der Waals surface area contributed by atoms with Gasteiger partial charge in [0, 0.05) is 41.8 Å². The smallest absolute Gasteiger partial charge is 0.169 e. The molecule has 0 aliphatic heterocycles. The van der Waals surface area contributed by atoms with Crippen molar-refractivity contribution in [1.29, 1.82) is 0 Å². The van der Waals surface area contributed by atoms with Gasteiger partial charge in [0.05, 0.1) is 0 Å². The minimum atomic E-state index is 0.550. The quantitative estimate of drug-likeness (QED) is 0.522. The van der Waals surface area contributed by atoms with Crippen LogP contribution in [0.3, 0.4) is 0 Å². The van der Waals surface area contributed by atoms with Gasteiger partial charge in [0.1, 0.15) is 0 Å². The molecular weight excluding hydrogens is 374 g/mol. The van der Waals surface area contributed by atoms with Crippen LogP contribution < -0.4 is 5.32 Å². The number of aromatic nitrogens is 1. The van der Waals surface area contributed by atoms with Crippen LogP contribution in [0.5, 0.6) is 0 Å². The highest BCUT2D eigenvalue weighted by molar-refractivity contribution is 7.80. The zero-order valence-electron chi connectivity index (χ0n) is 15.8. The number of benzene rings is 2. The van der Waals surface area contributed by atoms with Crippen molar-refractivity contribution in [3.8, 4) is 0 Å². The lowest BCUT2D eigenvalue weighted by molar-refractivity contribution is 0.406. The Hall–Kier alpha value is -2.04. The average molecular weight is 400 g/mol. The number of halogens is 1. The van der Waals surface area contributed by atoms with Crippen molar-refractivity contribution in [3.63, 3.8) is 0 Å². The number of thiocarbonyl (C=S) groups is 1. The number of nitrogens with one attached hydrogen (secondary N) is 2. The third kappa shape index (κ3) is 5.47. The van der Waals surface area contributed by atoms with Crippen LogP contribution in [0.25, 0.3) is 10.9 Å². The summed E-state index contributed by atoms with van der Waals surface area (Å²) < 4.78 is 0. The fourth-order valence-corrected chi connectivity index (χ4v) is 3.42. The molecule has 142 valence electrons. The third-order valence-corrected chi connectivity index (χ3v) is 5.22. The fourth-order valence-electron chi connectivity index (χ4n) is 3.06. The fraction of sp³-hybridized carbons (Fsp3) is 0.318. The minimum absolute atomic E-state index is 0.550. The summed E-state index contributed by atoms with van der Waals surface area (Å²) in [5, 5.41) is 6.25. The summed E-state index contributed by atoms with van der Waals surface area (Å²) >= 11 is 11.7. The van der Waals surface area contributed by atoms with Gasteiger partial charge >= 0.3 is 0 Å². The van der Waals surface area contributed by atoms with Crippen LogP contribution in [0.1, 0.15) is 25.0 Å². The van der Waals surface area contributed by atoms with E-state index in [1.54, 1.807) is 0 Å². The van der Waals surface area contributed by atoms with Crippen LogP contribution in [0.2, 0.25) is 5.02 Å². The van der Waals surface area contributed by atoms with Gasteiger partial charge in [-0.1, -0.05) is 55.8 Å². The highest BCUT2D eigenvalue weighted by atomic mass is 35.5. The molecule has 0 fully saturated rings. The van der Waals surface area contributed by atoms with Crippen molar-refractivity contribution >= 4 is 39.8 Å². The molecule has 0 aliphatic carbocycles. The van der Waals surface area contributed by atoms with E-state index in [0.29, 0.717) is 5.92 Å². The van der Waals surface area contributed by atoms with Crippen molar-refractivity contribution in [3.05, 3.63) is 70.9 Å². The van der Waals surface area contributed by atoms with E-state index in [1.807, 2.05) is 12.1 Å². The molecule has 0 unspecified atom stereocenters. The molecule has 1 heterocycles. The topological polar surface area (TPSA) is 31.1 Å². The van der Waals surface area contributed by atoms with Crippen molar-refractivity contribution in [2.45, 2.75) is 26.8 Å². The Balaban J connectivity index is 1.72. The van der Waals surface area contributed by atoms with E-state index in [0.717, 1.165) is 36.2 Å². The van der Waals surface area contributed by atoms with Gasteiger partial charge in [0.25, 0.3) is 0 Å². The van der Waals surface area contributed by atoms with Crippen molar-refractivity contribution in [1.82, 2.24) is 15.2 Å². The van der Waals surface area contributed by atoms with Gasteiger partial charge < -0.3 is 15.2 Å². The van der Waals surface area contributed by atoms with Gasteiger partial charge in [-0.25, -0.2) is 0 Å². The van der Waals surface area contributed by atoms with Crippen molar-refractivity contribution in [2.75, 3.05) is 13.1 Å². The van der Waals surface area contributed by atoms with E-state index >= 15 is 0 Å². The van der Waals surface area contributed by atoms with Crippen LogP contribution in [-0.4, -0.2) is 28.1 Å². The first-order valence-corrected chi connectivity index (χ1v) is 10.1. The van der Waals surface area contributed by atoms with Gasteiger partial charge in [0.15, 0.2) is 5.11 Å². The molecule has 0 bridgehead atoms. The second-order valence-corrected chi connectivity index (χ2v) is 8.06. The Morgan fingerprint density at radius 3 is 2.63 bits per heavy atom. The molecule has 5 heteroatoms. The van der Waals surface area contributed by atoms with E-state index in [1.165, 1.54) is 22.0 Å². The zero-order chi connectivity index (χ0) is 19.2. The molecule has 0 atom stereocenters. The summed E-state index contributed by atoms with van der Waals surface area (Å²) in [6, 6.07) is 16.4. The van der Waals surface area contributed by atoms with Crippen LogP contribution in [-0.2, 0) is 13.0 Å². The number of hydrogen-bond donors (Lipinski definition) is 2. The first-order valence-electron chi connectivity index (χ1n) is 9.35. The Morgan fingerprint density at radius 1 is 1.15 bits per heavy atom. The number of nitrogens with zero attached hydrogens (tertiary/aromatic N) is 1. The molecule has 0 saturated heterocycles. The van der Waals surface area contributed by atoms with Crippen molar-refractivity contribution < 1.29 is 0 Å². The first kappa shape index (κ1) is 19.7. The SMILES string of the molecule is CC(C)CNC(=S)N(CCc1c[nH]c2ccccc12)Cc1ccc(Cl)cc1. The van der Waals surface area contributed by atoms with Gasteiger partial charge in [-0.15, -0.1) is 0 Å². The van der Waals surface area contributed by atoms with Gasteiger partial charge in [-0.05, 0) is 53.9 Å². The van der Waals surface area contributed by atoms with Crippen LogP contribution in [0.15, 0.2) is 54.7 Å². The summed E-state index contributed by atoms with van der Waals surface area (Å²) in [6.07, 6.45) is 3.04. The molecule has 3 aromatic rings. The third-order valence-electron chi connectivity index (χ3n) is 4.56. The Kier molecular flexibility index (Phi) is 6.75. The van der Waals surface area contributed by atoms with E-state index in [9.17, 15) is 0 Å². The molecule has 3 rings (SSSR count). The lowest BCUT2D eigenvalue weighted by atomic mass is 10.1. The number of para-hydroxylation sites is 1. The molecule has 27 heavy (non-hydrogen) atoms. The van der Waals surface area contributed by atoms with E-state index in [2.05, 4.69) is 71.6 Å². The summed E-state index contributed by atoms with van der Waals surface area (Å²) in [7, 11) is 0. The number of aromatic amines is 1. The summed E-state index contributed by atoms with van der Waals surface area (Å²) in [5.74, 6) is 0.550. The number of rotatable bonds is 7. The lowest BCUT2D eigenvalue weighted by Crippen LogP contribution is -2.41. The second-order valence-electron chi connectivity index (χ2n) is 7.24. The molecular formula is C22H26ClN3S. The minimum Gasteiger partial charge on any atom is -0.362 e. The number of hydrogen-bond acceptors (Lipinski definition) is 1. The maximum atomic E-state index is 6.02. The Labute approximate surface area is 171 Å².